The Balaban J connectivity index is 1.87. The van der Waals surface area contributed by atoms with Gasteiger partial charge in [0.25, 0.3) is 5.56 Å². The largest absolute Gasteiger partial charge is 0.314 e. The van der Waals surface area contributed by atoms with Crippen molar-refractivity contribution >= 4 is 0 Å². The third-order valence-corrected chi connectivity index (χ3v) is 2.92. The lowest BCUT2D eigenvalue weighted by Crippen LogP contribution is -2.35. The molecule has 1 aromatic rings. The molecule has 1 saturated heterocycles. The van der Waals surface area contributed by atoms with E-state index in [1.807, 2.05) is 0 Å². The first-order chi connectivity index (χ1) is 7.36. The number of nitrogens with zero attached hydrogens (tertiary/aromatic N) is 2. The van der Waals surface area contributed by atoms with Gasteiger partial charge in [-0.05, 0) is 25.8 Å². The zero-order valence-corrected chi connectivity index (χ0v) is 8.85. The Morgan fingerprint density at radius 3 is 3.20 bits per heavy atom. The van der Waals surface area contributed by atoms with Crippen LogP contribution in [0.3, 0.4) is 0 Å². The van der Waals surface area contributed by atoms with Gasteiger partial charge in [0.05, 0.1) is 6.33 Å². The minimum atomic E-state index is 0.0424. The van der Waals surface area contributed by atoms with Crippen LogP contribution in [0.5, 0.6) is 0 Å². The molecule has 1 unspecified atom stereocenters. The van der Waals surface area contributed by atoms with Crippen molar-refractivity contribution in [1.29, 1.82) is 0 Å². The summed E-state index contributed by atoms with van der Waals surface area (Å²) in [6.07, 6.45) is 7.99. The molecule has 15 heavy (non-hydrogen) atoms. The molecule has 1 aliphatic heterocycles. The average molecular weight is 207 g/mol. The number of rotatable bonds is 3. The highest BCUT2D eigenvalue weighted by atomic mass is 16.1. The fourth-order valence-corrected chi connectivity index (χ4v) is 2.01. The molecule has 1 aliphatic rings. The van der Waals surface area contributed by atoms with Gasteiger partial charge in [0.15, 0.2) is 0 Å². The number of piperidine rings is 1. The molecule has 1 aromatic heterocycles. The van der Waals surface area contributed by atoms with Crippen LogP contribution in [0.1, 0.15) is 25.7 Å². The van der Waals surface area contributed by atoms with Crippen LogP contribution in [0, 0.1) is 0 Å². The molecule has 2 rings (SSSR count). The number of nitrogens with one attached hydrogen (secondary N) is 1. The van der Waals surface area contributed by atoms with E-state index >= 15 is 0 Å². The van der Waals surface area contributed by atoms with Crippen LogP contribution in [0.4, 0.5) is 0 Å². The van der Waals surface area contributed by atoms with E-state index in [0.29, 0.717) is 6.04 Å². The van der Waals surface area contributed by atoms with Gasteiger partial charge < -0.3 is 5.32 Å². The Morgan fingerprint density at radius 2 is 2.47 bits per heavy atom. The molecule has 0 aliphatic carbocycles. The van der Waals surface area contributed by atoms with Crippen molar-refractivity contribution in [2.45, 2.75) is 38.3 Å². The Kier molecular flexibility index (Phi) is 3.50. The molecular formula is C11H17N3O. The Bertz CT molecular complexity index is 355. The minimum absolute atomic E-state index is 0.0424. The maximum Gasteiger partial charge on any atom is 0.253 e. The Morgan fingerprint density at radius 1 is 1.53 bits per heavy atom. The molecule has 1 fully saturated rings. The predicted molar refractivity (Wildman–Crippen MR) is 58.8 cm³/mol. The molecule has 2 heterocycles. The smallest absolute Gasteiger partial charge is 0.253 e. The summed E-state index contributed by atoms with van der Waals surface area (Å²) >= 11 is 0. The highest BCUT2D eigenvalue weighted by molar-refractivity contribution is 4.82. The molecule has 4 heteroatoms. The number of hydrogen-bond acceptors (Lipinski definition) is 3. The highest BCUT2D eigenvalue weighted by Gasteiger charge is 2.11. The van der Waals surface area contributed by atoms with E-state index in [9.17, 15) is 4.79 Å². The van der Waals surface area contributed by atoms with Gasteiger partial charge in [-0.2, -0.15) is 0 Å². The van der Waals surface area contributed by atoms with E-state index in [1.54, 1.807) is 10.9 Å². The number of aryl methyl sites for hydroxylation is 1. The lowest BCUT2D eigenvalue weighted by Gasteiger charge is -2.23. The van der Waals surface area contributed by atoms with E-state index in [0.717, 1.165) is 19.5 Å². The minimum Gasteiger partial charge on any atom is -0.314 e. The maximum absolute atomic E-state index is 11.4. The van der Waals surface area contributed by atoms with Crippen molar-refractivity contribution < 1.29 is 0 Å². The van der Waals surface area contributed by atoms with Crippen molar-refractivity contribution in [2.24, 2.45) is 0 Å². The van der Waals surface area contributed by atoms with Gasteiger partial charge >= 0.3 is 0 Å². The standard InChI is InChI=1S/C11H17N3O/c15-11-4-7-12-9-14(11)8-5-10-3-1-2-6-13-10/h4,7,9-10,13H,1-3,5-6,8H2. The normalized spacial score (nSPS) is 21.5. The van der Waals surface area contributed by atoms with Crippen LogP contribution < -0.4 is 10.9 Å². The van der Waals surface area contributed by atoms with E-state index in [-0.39, 0.29) is 5.56 Å². The fourth-order valence-electron chi connectivity index (χ4n) is 2.01. The number of aromatic nitrogens is 2. The van der Waals surface area contributed by atoms with Crippen LogP contribution in [-0.2, 0) is 6.54 Å². The number of hydrogen-bond donors (Lipinski definition) is 1. The van der Waals surface area contributed by atoms with Crippen molar-refractivity contribution in [3.63, 3.8) is 0 Å². The first kappa shape index (κ1) is 10.4. The third-order valence-electron chi connectivity index (χ3n) is 2.92. The summed E-state index contributed by atoms with van der Waals surface area (Å²) in [7, 11) is 0. The molecule has 0 saturated carbocycles. The molecule has 0 bridgehead atoms. The molecule has 0 aromatic carbocycles. The van der Waals surface area contributed by atoms with Gasteiger partial charge in [-0.3, -0.25) is 9.36 Å². The van der Waals surface area contributed by atoms with Crippen LogP contribution in [-0.4, -0.2) is 22.1 Å². The monoisotopic (exact) mass is 207 g/mol. The summed E-state index contributed by atoms with van der Waals surface area (Å²) in [5.41, 5.74) is 0.0424. The maximum atomic E-state index is 11.4. The Hall–Kier alpha value is -1.16. The summed E-state index contributed by atoms with van der Waals surface area (Å²) < 4.78 is 1.68. The summed E-state index contributed by atoms with van der Waals surface area (Å²) in [6, 6.07) is 2.08. The zero-order chi connectivity index (χ0) is 10.5. The highest BCUT2D eigenvalue weighted by Crippen LogP contribution is 2.10. The summed E-state index contributed by atoms with van der Waals surface area (Å²) in [5, 5.41) is 3.47. The van der Waals surface area contributed by atoms with E-state index < -0.39 is 0 Å². The molecule has 1 N–H and O–H groups in total. The summed E-state index contributed by atoms with van der Waals surface area (Å²) in [4.78, 5) is 15.3. The second-order valence-corrected chi connectivity index (χ2v) is 4.05. The van der Waals surface area contributed by atoms with Crippen LogP contribution in [0.15, 0.2) is 23.4 Å². The third kappa shape index (κ3) is 2.89. The molecule has 4 nitrogen and oxygen atoms in total. The Labute approximate surface area is 89.3 Å². The second kappa shape index (κ2) is 5.07. The van der Waals surface area contributed by atoms with Gasteiger partial charge in [-0.1, -0.05) is 6.42 Å². The van der Waals surface area contributed by atoms with Gasteiger partial charge in [0.2, 0.25) is 0 Å². The summed E-state index contributed by atoms with van der Waals surface area (Å²) in [6.45, 7) is 1.89. The average Bonchev–Trinajstić information content (AvgIpc) is 2.29. The van der Waals surface area contributed by atoms with E-state index in [4.69, 9.17) is 0 Å². The van der Waals surface area contributed by atoms with Crippen molar-refractivity contribution in [3.05, 3.63) is 28.9 Å². The van der Waals surface area contributed by atoms with Crippen molar-refractivity contribution in [2.75, 3.05) is 6.54 Å². The molecule has 0 spiro atoms. The summed E-state index contributed by atoms with van der Waals surface area (Å²) in [5.74, 6) is 0. The molecule has 1 atom stereocenters. The quantitative estimate of drug-likeness (QED) is 0.796. The molecule has 0 radical (unpaired) electrons. The van der Waals surface area contributed by atoms with Gasteiger partial charge in [-0.25, -0.2) is 4.98 Å². The predicted octanol–water partition coefficient (Wildman–Crippen LogP) is 0.776. The van der Waals surface area contributed by atoms with Gasteiger partial charge in [-0.15, -0.1) is 0 Å². The van der Waals surface area contributed by atoms with Crippen molar-refractivity contribution in [3.8, 4) is 0 Å². The lowest BCUT2D eigenvalue weighted by atomic mass is 10.0. The SMILES string of the molecule is O=c1ccncn1CCC1CCCCN1. The first-order valence-corrected chi connectivity index (χ1v) is 5.60. The van der Waals surface area contributed by atoms with Crippen LogP contribution in [0.2, 0.25) is 0 Å². The first-order valence-electron chi connectivity index (χ1n) is 5.60. The van der Waals surface area contributed by atoms with Crippen LogP contribution in [0.25, 0.3) is 0 Å². The molecule has 0 amide bonds. The zero-order valence-electron chi connectivity index (χ0n) is 8.85. The van der Waals surface area contributed by atoms with E-state index in [2.05, 4.69) is 10.3 Å². The molecular weight excluding hydrogens is 190 g/mol. The van der Waals surface area contributed by atoms with Gasteiger partial charge in [0.1, 0.15) is 0 Å². The van der Waals surface area contributed by atoms with Gasteiger partial charge in [0, 0.05) is 24.8 Å². The van der Waals surface area contributed by atoms with Crippen molar-refractivity contribution in [1.82, 2.24) is 14.9 Å². The lowest BCUT2D eigenvalue weighted by molar-refractivity contribution is 0.364. The van der Waals surface area contributed by atoms with Crippen LogP contribution >= 0.6 is 0 Å². The second-order valence-electron chi connectivity index (χ2n) is 4.05. The van der Waals surface area contributed by atoms with E-state index in [1.165, 1.54) is 31.5 Å². The topological polar surface area (TPSA) is 46.9 Å². The molecule has 82 valence electrons. The fraction of sp³-hybridized carbons (Fsp3) is 0.636.